The number of hydrogen-bond acceptors (Lipinski definition) is 6. The molecule has 2 aromatic carbocycles. The van der Waals surface area contributed by atoms with Crippen LogP contribution in [-0.2, 0) is 11.3 Å². The average molecular weight is 548 g/mol. The van der Waals surface area contributed by atoms with Gasteiger partial charge in [0.05, 0.1) is 12.2 Å². The Morgan fingerprint density at radius 1 is 0.925 bits per heavy atom. The fourth-order valence-electron chi connectivity index (χ4n) is 4.42. The summed E-state index contributed by atoms with van der Waals surface area (Å²) < 4.78 is 41.3. The van der Waals surface area contributed by atoms with E-state index in [0.29, 0.717) is 47.8 Å². The van der Waals surface area contributed by atoms with Gasteiger partial charge in [0.1, 0.15) is 5.75 Å². The molecule has 1 aliphatic heterocycles. The number of amides is 2. The lowest BCUT2D eigenvalue weighted by atomic mass is 10.0. The first-order chi connectivity index (χ1) is 19.2. The Balaban J connectivity index is 1.27. The molecule has 8 nitrogen and oxygen atoms in total. The standard InChI is InChI=1S/C29H24F3N5O3/c30-29(31,32)40-24-8-6-21(7-9-24)22-3-1-4-23(17-22)28(39)35-25-5-2-12-34-27(25)37-16-15-36(19-26(37)38)18-20-10-13-33-14-11-20/h1-14,17H,15-16,18-19H2,(H,35,39). The summed E-state index contributed by atoms with van der Waals surface area (Å²) in [6.45, 7) is 1.88. The van der Waals surface area contributed by atoms with Crippen LogP contribution in [0.3, 0.4) is 0 Å². The van der Waals surface area contributed by atoms with E-state index in [1.165, 1.54) is 24.3 Å². The second kappa shape index (κ2) is 11.5. The second-order valence-electron chi connectivity index (χ2n) is 9.09. The highest BCUT2D eigenvalue weighted by Gasteiger charge is 2.31. The Morgan fingerprint density at radius 3 is 2.42 bits per heavy atom. The lowest BCUT2D eigenvalue weighted by Crippen LogP contribution is -2.50. The van der Waals surface area contributed by atoms with Crippen LogP contribution in [0, 0.1) is 0 Å². The Morgan fingerprint density at radius 2 is 1.70 bits per heavy atom. The summed E-state index contributed by atoms with van der Waals surface area (Å²) in [7, 11) is 0. The number of alkyl halides is 3. The van der Waals surface area contributed by atoms with E-state index in [1.807, 2.05) is 17.0 Å². The normalized spacial score (nSPS) is 14.2. The fraction of sp³-hybridized carbons (Fsp3) is 0.172. The third-order valence-electron chi connectivity index (χ3n) is 6.29. The first-order valence-corrected chi connectivity index (χ1v) is 12.4. The van der Waals surface area contributed by atoms with E-state index < -0.39 is 12.3 Å². The molecule has 1 saturated heterocycles. The maximum atomic E-state index is 13.2. The van der Waals surface area contributed by atoms with Crippen LogP contribution in [0.15, 0.2) is 91.4 Å². The molecule has 4 aromatic rings. The topological polar surface area (TPSA) is 87.7 Å². The van der Waals surface area contributed by atoms with Crippen molar-refractivity contribution in [3.8, 4) is 16.9 Å². The summed E-state index contributed by atoms with van der Waals surface area (Å²) in [5.74, 6) is -0.519. The SMILES string of the molecule is O=C(Nc1cccnc1N1CCN(Cc2ccncc2)CC1=O)c1cccc(-c2ccc(OC(F)(F)F)cc2)c1. The summed E-state index contributed by atoms with van der Waals surface area (Å²) in [6.07, 6.45) is 0.224. The quantitative estimate of drug-likeness (QED) is 0.345. The van der Waals surface area contributed by atoms with Gasteiger partial charge in [0, 0.05) is 43.8 Å². The monoisotopic (exact) mass is 547 g/mol. The fourth-order valence-corrected chi connectivity index (χ4v) is 4.42. The number of nitrogens with zero attached hydrogens (tertiary/aromatic N) is 4. The van der Waals surface area contributed by atoms with Crippen molar-refractivity contribution in [3.63, 3.8) is 0 Å². The van der Waals surface area contributed by atoms with Gasteiger partial charge >= 0.3 is 6.36 Å². The number of benzene rings is 2. The van der Waals surface area contributed by atoms with Crippen molar-refractivity contribution in [3.05, 3.63) is 103 Å². The Kier molecular flexibility index (Phi) is 7.74. The third-order valence-corrected chi connectivity index (χ3v) is 6.29. The number of carbonyl (C=O) groups excluding carboxylic acids is 2. The number of aromatic nitrogens is 2. The van der Waals surface area contributed by atoms with Gasteiger partial charge in [0.15, 0.2) is 5.82 Å². The number of nitrogens with one attached hydrogen (secondary N) is 1. The molecule has 5 rings (SSSR count). The molecule has 2 amide bonds. The van der Waals surface area contributed by atoms with Crippen molar-refractivity contribution >= 4 is 23.3 Å². The summed E-state index contributed by atoms with van der Waals surface area (Å²) >= 11 is 0. The molecule has 2 aromatic heterocycles. The molecule has 1 N–H and O–H groups in total. The molecule has 204 valence electrons. The van der Waals surface area contributed by atoms with Gasteiger partial charge in [-0.3, -0.25) is 24.4 Å². The Bertz CT molecular complexity index is 1500. The number of halogens is 3. The predicted octanol–water partition coefficient (Wildman–Crippen LogP) is 5.14. The van der Waals surface area contributed by atoms with Crippen LogP contribution in [-0.4, -0.2) is 52.7 Å². The first-order valence-electron chi connectivity index (χ1n) is 12.4. The van der Waals surface area contributed by atoms with Crippen molar-refractivity contribution in [1.29, 1.82) is 0 Å². The maximum Gasteiger partial charge on any atom is 0.573 e. The smallest absolute Gasteiger partial charge is 0.406 e. The summed E-state index contributed by atoms with van der Waals surface area (Å²) in [6, 6.07) is 19.3. The first kappa shape index (κ1) is 26.8. The third kappa shape index (κ3) is 6.62. The van der Waals surface area contributed by atoms with E-state index in [9.17, 15) is 22.8 Å². The molecule has 0 atom stereocenters. The van der Waals surface area contributed by atoms with E-state index in [-0.39, 0.29) is 18.2 Å². The van der Waals surface area contributed by atoms with Crippen molar-refractivity contribution in [2.24, 2.45) is 0 Å². The van der Waals surface area contributed by atoms with Crippen LogP contribution in [0.4, 0.5) is 24.7 Å². The van der Waals surface area contributed by atoms with Gasteiger partial charge in [-0.1, -0.05) is 24.3 Å². The van der Waals surface area contributed by atoms with Crippen molar-refractivity contribution in [2.75, 3.05) is 29.9 Å². The van der Waals surface area contributed by atoms with Crippen molar-refractivity contribution in [1.82, 2.24) is 14.9 Å². The lowest BCUT2D eigenvalue weighted by Gasteiger charge is -2.34. The van der Waals surface area contributed by atoms with Crippen LogP contribution in [0.1, 0.15) is 15.9 Å². The van der Waals surface area contributed by atoms with Gasteiger partial charge < -0.3 is 10.1 Å². The summed E-state index contributed by atoms with van der Waals surface area (Å²) in [4.78, 5) is 38.2. The number of piperazine rings is 1. The van der Waals surface area contributed by atoms with Crippen LogP contribution >= 0.6 is 0 Å². The highest BCUT2D eigenvalue weighted by molar-refractivity contribution is 6.08. The molecule has 1 fully saturated rings. The summed E-state index contributed by atoms with van der Waals surface area (Å²) in [5.41, 5.74) is 3.04. The van der Waals surface area contributed by atoms with E-state index in [0.717, 1.165) is 5.56 Å². The predicted molar refractivity (Wildman–Crippen MR) is 143 cm³/mol. The molecular formula is C29H24F3N5O3. The second-order valence-corrected chi connectivity index (χ2v) is 9.09. The van der Waals surface area contributed by atoms with Crippen molar-refractivity contribution in [2.45, 2.75) is 12.9 Å². The number of carbonyl (C=O) groups is 2. The van der Waals surface area contributed by atoms with Gasteiger partial charge in [0.25, 0.3) is 5.91 Å². The molecule has 0 unspecified atom stereocenters. The molecule has 1 aliphatic rings. The molecule has 40 heavy (non-hydrogen) atoms. The van der Waals surface area contributed by atoms with E-state index >= 15 is 0 Å². The van der Waals surface area contributed by atoms with Crippen LogP contribution in [0.5, 0.6) is 5.75 Å². The molecule has 0 saturated carbocycles. The molecule has 0 bridgehead atoms. The largest absolute Gasteiger partial charge is 0.573 e. The lowest BCUT2D eigenvalue weighted by molar-refractivity contribution is -0.274. The number of pyridine rings is 2. The molecule has 0 aliphatic carbocycles. The molecule has 11 heteroatoms. The Labute approximate surface area is 228 Å². The number of anilines is 2. The molecular weight excluding hydrogens is 523 g/mol. The summed E-state index contributed by atoms with van der Waals surface area (Å²) in [5, 5.41) is 2.85. The van der Waals surface area contributed by atoms with Crippen LogP contribution < -0.4 is 15.0 Å². The maximum absolute atomic E-state index is 13.2. The zero-order chi connectivity index (χ0) is 28.1. The number of ether oxygens (including phenoxy) is 1. The minimum absolute atomic E-state index is 0.130. The zero-order valence-corrected chi connectivity index (χ0v) is 21.1. The minimum Gasteiger partial charge on any atom is -0.406 e. The average Bonchev–Trinajstić information content (AvgIpc) is 2.94. The van der Waals surface area contributed by atoms with Gasteiger partial charge in [-0.2, -0.15) is 0 Å². The Hall–Kier alpha value is -4.77. The molecule has 0 spiro atoms. The van der Waals surface area contributed by atoms with Gasteiger partial charge in [0.2, 0.25) is 5.91 Å². The highest BCUT2D eigenvalue weighted by atomic mass is 19.4. The van der Waals surface area contributed by atoms with E-state index in [2.05, 4.69) is 20.0 Å². The van der Waals surface area contributed by atoms with Crippen molar-refractivity contribution < 1.29 is 27.5 Å². The van der Waals surface area contributed by atoms with Gasteiger partial charge in [-0.15, -0.1) is 13.2 Å². The van der Waals surface area contributed by atoms with Crippen LogP contribution in [0.25, 0.3) is 11.1 Å². The van der Waals surface area contributed by atoms with E-state index in [1.54, 1.807) is 59.9 Å². The zero-order valence-electron chi connectivity index (χ0n) is 21.1. The van der Waals surface area contributed by atoms with Crippen LogP contribution in [0.2, 0.25) is 0 Å². The van der Waals surface area contributed by atoms with E-state index in [4.69, 9.17) is 0 Å². The molecule has 3 heterocycles. The minimum atomic E-state index is -4.77. The van der Waals surface area contributed by atoms with Gasteiger partial charge in [-0.05, 0) is 65.2 Å². The van der Waals surface area contributed by atoms with Gasteiger partial charge in [-0.25, -0.2) is 4.98 Å². The highest BCUT2D eigenvalue weighted by Crippen LogP contribution is 2.28. The molecule has 0 radical (unpaired) electrons. The number of hydrogen-bond donors (Lipinski definition) is 1. The number of rotatable bonds is 7.